The van der Waals surface area contributed by atoms with Gasteiger partial charge in [0.1, 0.15) is 11.4 Å². The van der Waals surface area contributed by atoms with Crippen LogP contribution in [0.25, 0.3) is 0 Å². The fourth-order valence-corrected chi connectivity index (χ4v) is 3.12. The van der Waals surface area contributed by atoms with E-state index in [1.54, 1.807) is 17.1 Å². The zero-order valence-corrected chi connectivity index (χ0v) is 14.5. The number of carbonyl (C=O) groups excluding carboxylic acids is 1. The number of anilines is 1. The van der Waals surface area contributed by atoms with Crippen molar-refractivity contribution in [3.8, 4) is 0 Å². The normalized spacial score (nSPS) is 16.5. The number of hydrogen-bond donors (Lipinski definition) is 2. The predicted molar refractivity (Wildman–Crippen MR) is 90.3 cm³/mol. The number of hydrogen-bond acceptors (Lipinski definition) is 5. The molecule has 0 aliphatic carbocycles. The number of nitrogen functional groups attached to an aromatic ring is 1. The second-order valence-corrected chi connectivity index (χ2v) is 6.84. The zero-order valence-electron chi connectivity index (χ0n) is 14.5. The summed E-state index contributed by atoms with van der Waals surface area (Å²) < 4.78 is 1.64. The number of nitrogens with two attached hydrogens (primary N) is 1. The van der Waals surface area contributed by atoms with Gasteiger partial charge in [-0.2, -0.15) is 10.2 Å². The first kappa shape index (κ1) is 16.5. The van der Waals surface area contributed by atoms with E-state index in [9.17, 15) is 4.79 Å². The number of likely N-dealkylation sites (tertiary alicyclic amines) is 1. The lowest BCUT2D eigenvalue weighted by molar-refractivity contribution is -0.140. The molecule has 1 fully saturated rings. The van der Waals surface area contributed by atoms with Crippen LogP contribution < -0.4 is 5.73 Å². The summed E-state index contributed by atoms with van der Waals surface area (Å²) in [6.45, 7) is 7.21. The van der Waals surface area contributed by atoms with Crippen molar-refractivity contribution in [3.63, 3.8) is 0 Å². The minimum atomic E-state index is -0.746. The highest BCUT2D eigenvalue weighted by Gasteiger charge is 2.36. The minimum Gasteiger partial charge on any atom is -0.396 e. The molecule has 0 bridgehead atoms. The molecule has 8 nitrogen and oxygen atoms in total. The zero-order chi connectivity index (χ0) is 17.3. The van der Waals surface area contributed by atoms with Gasteiger partial charge < -0.3 is 10.6 Å². The Labute approximate surface area is 141 Å². The monoisotopic (exact) mass is 331 g/mol. The molecule has 0 unspecified atom stereocenters. The first-order valence-electron chi connectivity index (χ1n) is 8.43. The molecule has 1 saturated heterocycles. The number of rotatable bonds is 4. The Balaban J connectivity index is 1.64. The molecule has 0 spiro atoms. The standard InChI is InChI=1S/C16H25N7O/c1-4-13-19-14(21-20-13)11-5-7-22(8-6-11)15(24)16(2,3)23-10-12(17)9-18-23/h9-11H,4-8,17H2,1-3H3,(H,19,20,21). The van der Waals surface area contributed by atoms with Crippen molar-refractivity contribution in [3.05, 3.63) is 24.0 Å². The third-order valence-electron chi connectivity index (χ3n) is 4.73. The van der Waals surface area contributed by atoms with Crippen LogP contribution in [-0.4, -0.2) is 48.9 Å². The number of piperidine rings is 1. The summed E-state index contributed by atoms with van der Waals surface area (Å²) in [5, 5.41) is 11.5. The lowest BCUT2D eigenvalue weighted by Gasteiger charge is -2.36. The van der Waals surface area contributed by atoms with Crippen molar-refractivity contribution < 1.29 is 4.79 Å². The van der Waals surface area contributed by atoms with Crippen LogP contribution in [0.5, 0.6) is 0 Å². The van der Waals surface area contributed by atoms with E-state index in [4.69, 9.17) is 5.73 Å². The van der Waals surface area contributed by atoms with Gasteiger partial charge in [-0.25, -0.2) is 4.98 Å². The molecule has 3 heterocycles. The lowest BCUT2D eigenvalue weighted by Crippen LogP contribution is -2.49. The molecule has 0 aromatic carbocycles. The maximum absolute atomic E-state index is 12.9. The van der Waals surface area contributed by atoms with Crippen LogP contribution in [0.3, 0.4) is 0 Å². The fourth-order valence-electron chi connectivity index (χ4n) is 3.12. The SMILES string of the molecule is CCc1nc(C2CCN(C(=O)C(C)(C)n3cc(N)cn3)CC2)n[nH]1. The minimum absolute atomic E-state index is 0.0632. The smallest absolute Gasteiger partial charge is 0.249 e. The second-order valence-electron chi connectivity index (χ2n) is 6.84. The molecule has 0 radical (unpaired) electrons. The van der Waals surface area contributed by atoms with Crippen LogP contribution in [0.2, 0.25) is 0 Å². The van der Waals surface area contributed by atoms with E-state index in [-0.39, 0.29) is 5.91 Å². The van der Waals surface area contributed by atoms with Gasteiger partial charge in [0.15, 0.2) is 5.82 Å². The molecule has 0 atom stereocenters. The molecular weight excluding hydrogens is 306 g/mol. The molecule has 8 heteroatoms. The first-order chi connectivity index (χ1) is 11.4. The van der Waals surface area contributed by atoms with Gasteiger partial charge in [-0.05, 0) is 26.7 Å². The van der Waals surface area contributed by atoms with Crippen molar-refractivity contribution in [2.75, 3.05) is 18.8 Å². The van der Waals surface area contributed by atoms with E-state index in [0.717, 1.165) is 30.9 Å². The van der Waals surface area contributed by atoms with Crippen LogP contribution in [-0.2, 0) is 16.8 Å². The Morgan fingerprint density at radius 1 is 1.42 bits per heavy atom. The molecule has 1 amide bonds. The summed E-state index contributed by atoms with van der Waals surface area (Å²) in [6.07, 6.45) is 5.88. The Morgan fingerprint density at radius 2 is 2.12 bits per heavy atom. The Bertz CT molecular complexity index is 710. The van der Waals surface area contributed by atoms with Crippen molar-refractivity contribution >= 4 is 11.6 Å². The summed E-state index contributed by atoms with van der Waals surface area (Å²) in [5.41, 5.74) is 5.54. The van der Waals surface area contributed by atoms with Crippen LogP contribution >= 0.6 is 0 Å². The number of H-pyrrole nitrogens is 1. The van der Waals surface area contributed by atoms with E-state index < -0.39 is 5.54 Å². The number of amides is 1. The fraction of sp³-hybridized carbons (Fsp3) is 0.625. The average Bonchev–Trinajstić information content (AvgIpc) is 3.23. The summed E-state index contributed by atoms with van der Waals surface area (Å²) in [7, 11) is 0. The van der Waals surface area contributed by atoms with E-state index >= 15 is 0 Å². The summed E-state index contributed by atoms with van der Waals surface area (Å²) >= 11 is 0. The maximum Gasteiger partial charge on any atom is 0.249 e. The molecular formula is C16H25N7O. The highest BCUT2D eigenvalue weighted by atomic mass is 16.2. The molecule has 1 aliphatic rings. The molecule has 0 saturated carbocycles. The Kier molecular flexibility index (Phi) is 4.29. The third-order valence-corrected chi connectivity index (χ3v) is 4.73. The van der Waals surface area contributed by atoms with E-state index in [2.05, 4.69) is 27.2 Å². The summed E-state index contributed by atoms with van der Waals surface area (Å²) in [4.78, 5) is 19.3. The molecule has 130 valence electrons. The Morgan fingerprint density at radius 3 is 2.67 bits per heavy atom. The summed E-state index contributed by atoms with van der Waals surface area (Å²) in [5.74, 6) is 2.17. The molecule has 1 aliphatic heterocycles. The van der Waals surface area contributed by atoms with Gasteiger partial charge >= 0.3 is 0 Å². The Hall–Kier alpha value is -2.38. The lowest BCUT2D eigenvalue weighted by atomic mass is 9.94. The number of aromatic amines is 1. The van der Waals surface area contributed by atoms with Gasteiger partial charge in [-0.15, -0.1) is 0 Å². The second kappa shape index (κ2) is 6.26. The highest BCUT2D eigenvalue weighted by Crippen LogP contribution is 2.28. The highest BCUT2D eigenvalue weighted by molar-refractivity contribution is 5.83. The predicted octanol–water partition coefficient (Wildman–Crippen LogP) is 1.29. The number of nitrogens with one attached hydrogen (secondary N) is 1. The molecule has 24 heavy (non-hydrogen) atoms. The van der Waals surface area contributed by atoms with Crippen molar-refractivity contribution in [1.29, 1.82) is 0 Å². The number of carbonyl (C=O) groups is 1. The van der Waals surface area contributed by atoms with Crippen LogP contribution in [0, 0.1) is 0 Å². The number of nitrogens with zero attached hydrogens (tertiary/aromatic N) is 5. The van der Waals surface area contributed by atoms with E-state index in [0.29, 0.717) is 24.7 Å². The topological polar surface area (TPSA) is 106 Å². The molecule has 3 rings (SSSR count). The van der Waals surface area contributed by atoms with E-state index in [1.165, 1.54) is 0 Å². The largest absolute Gasteiger partial charge is 0.396 e. The van der Waals surface area contributed by atoms with Crippen molar-refractivity contribution in [2.24, 2.45) is 0 Å². The van der Waals surface area contributed by atoms with Gasteiger partial charge in [-0.3, -0.25) is 14.6 Å². The van der Waals surface area contributed by atoms with E-state index in [1.807, 2.05) is 18.7 Å². The van der Waals surface area contributed by atoms with Gasteiger partial charge in [0, 0.05) is 31.6 Å². The quantitative estimate of drug-likeness (QED) is 0.878. The van der Waals surface area contributed by atoms with Gasteiger partial charge in [-0.1, -0.05) is 6.92 Å². The average molecular weight is 331 g/mol. The van der Waals surface area contributed by atoms with Crippen LogP contribution in [0.4, 0.5) is 5.69 Å². The van der Waals surface area contributed by atoms with Gasteiger partial charge in [0.2, 0.25) is 5.91 Å². The van der Waals surface area contributed by atoms with Crippen molar-refractivity contribution in [2.45, 2.75) is 51.5 Å². The van der Waals surface area contributed by atoms with Crippen LogP contribution in [0.1, 0.15) is 51.2 Å². The molecule has 3 N–H and O–H groups in total. The maximum atomic E-state index is 12.9. The molecule has 2 aromatic heterocycles. The van der Waals surface area contributed by atoms with Crippen LogP contribution in [0.15, 0.2) is 12.4 Å². The van der Waals surface area contributed by atoms with Gasteiger partial charge in [0.25, 0.3) is 0 Å². The summed E-state index contributed by atoms with van der Waals surface area (Å²) in [6, 6.07) is 0. The first-order valence-corrected chi connectivity index (χ1v) is 8.43. The van der Waals surface area contributed by atoms with Crippen molar-refractivity contribution in [1.82, 2.24) is 29.9 Å². The molecule has 2 aromatic rings. The third kappa shape index (κ3) is 3.00. The van der Waals surface area contributed by atoms with Gasteiger partial charge in [0.05, 0.1) is 11.9 Å². The number of aryl methyl sites for hydroxylation is 1. The number of aromatic nitrogens is 5.